The van der Waals surface area contributed by atoms with Gasteiger partial charge in [0.25, 0.3) is 0 Å². The molecule has 0 spiro atoms. The van der Waals surface area contributed by atoms with Crippen molar-refractivity contribution in [1.29, 1.82) is 0 Å². The molecular formula is C11H22O2. The molecule has 2 aliphatic rings. The summed E-state index contributed by atoms with van der Waals surface area (Å²) in [5.74, 6) is 0.537. The van der Waals surface area contributed by atoms with Crippen LogP contribution >= 0.6 is 0 Å². The molecule has 0 aromatic heterocycles. The van der Waals surface area contributed by atoms with Crippen molar-refractivity contribution in [2.24, 2.45) is 5.92 Å². The Labute approximate surface area is 81.6 Å². The number of hydrogen-bond acceptors (Lipinski definition) is 2. The van der Waals surface area contributed by atoms with E-state index in [-0.39, 0.29) is 11.2 Å². The Morgan fingerprint density at radius 3 is 2.31 bits per heavy atom. The van der Waals surface area contributed by atoms with Gasteiger partial charge in [0.05, 0.1) is 24.4 Å². The van der Waals surface area contributed by atoms with Crippen LogP contribution in [0.15, 0.2) is 0 Å². The molecule has 3 atom stereocenters. The van der Waals surface area contributed by atoms with E-state index in [1.165, 1.54) is 0 Å². The van der Waals surface area contributed by atoms with Crippen molar-refractivity contribution in [3.8, 4) is 0 Å². The van der Waals surface area contributed by atoms with Crippen molar-refractivity contribution in [2.75, 3.05) is 13.2 Å². The summed E-state index contributed by atoms with van der Waals surface area (Å²) in [4.78, 5) is 0. The first kappa shape index (κ1) is 11.0. The fraction of sp³-hybridized carbons (Fsp3) is 1.00. The molecule has 2 heteroatoms. The minimum absolute atomic E-state index is 0.00752. The highest BCUT2D eigenvalue weighted by atomic mass is 16.6. The largest absolute Gasteiger partial charge is 0.372 e. The van der Waals surface area contributed by atoms with Gasteiger partial charge in [0, 0.05) is 12.3 Å². The van der Waals surface area contributed by atoms with Gasteiger partial charge in [0.1, 0.15) is 0 Å². The van der Waals surface area contributed by atoms with Gasteiger partial charge in [-0.25, -0.2) is 0 Å². The maximum atomic E-state index is 5.75. The Bertz CT molecular complexity index is 181. The molecule has 0 aromatic rings. The predicted octanol–water partition coefficient (Wildman–Crippen LogP) is 2.62. The van der Waals surface area contributed by atoms with Crippen molar-refractivity contribution >= 4 is 0 Å². The van der Waals surface area contributed by atoms with Gasteiger partial charge in [-0.2, -0.15) is 0 Å². The first-order chi connectivity index (χ1) is 6.08. The minimum atomic E-state index is -0.0208. The SMILES string of the molecule is CC.CC1CO[C@@]2(C)CCO[C@@]12C. The third-order valence-corrected chi connectivity index (χ3v) is 3.62. The molecule has 0 bridgehead atoms. The van der Waals surface area contributed by atoms with Gasteiger partial charge < -0.3 is 9.47 Å². The molecule has 2 heterocycles. The molecule has 1 unspecified atom stereocenters. The van der Waals surface area contributed by atoms with Gasteiger partial charge >= 0.3 is 0 Å². The van der Waals surface area contributed by atoms with Gasteiger partial charge in [-0.15, -0.1) is 0 Å². The van der Waals surface area contributed by atoms with Crippen LogP contribution in [-0.4, -0.2) is 24.4 Å². The van der Waals surface area contributed by atoms with Crippen LogP contribution in [0.2, 0.25) is 0 Å². The van der Waals surface area contributed by atoms with E-state index in [2.05, 4.69) is 20.8 Å². The summed E-state index contributed by atoms with van der Waals surface area (Å²) in [5.41, 5.74) is -0.0284. The second-order valence-corrected chi connectivity index (χ2v) is 4.15. The number of hydrogen-bond donors (Lipinski definition) is 0. The Hall–Kier alpha value is -0.0800. The molecular weight excluding hydrogens is 164 g/mol. The maximum absolute atomic E-state index is 5.75. The van der Waals surface area contributed by atoms with Crippen molar-refractivity contribution in [3.05, 3.63) is 0 Å². The van der Waals surface area contributed by atoms with Gasteiger partial charge in [-0.3, -0.25) is 0 Å². The van der Waals surface area contributed by atoms with Gasteiger partial charge in [0.15, 0.2) is 0 Å². The van der Waals surface area contributed by atoms with Crippen LogP contribution in [0.1, 0.15) is 41.0 Å². The van der Waals surface area contributed by atoms with E-state index in [0.29, 0.717) is 5.92 Å². The number of rotatable bonds is 0. The molecule has 2 rings (SSSR count). The van der Waals surface area contributed by atoms with Gasteiger partial charge in [-0.1, -0.05) is 20.8 Å². The van der Waals surface area contributed by atoms with Gasteiger partial charge in [-0.05, 0) is 13.8 Å². The third-order valence-electron chi connectivity index (χ3n) is 3.62. The quantitative estimate of drug-likeness (QED) is 0.579. The van der Waals surface area contributed by atoms with Crippen molar-refractivity contribution < 1.29 is 9.47 Å². The van der Waals surface area contributed by atoms with Crippen LogP contribution in [0.5, 0.6) is 0 Å². The van der Waals surface area contributed by atoms with Crippen LogP contribution in [0.25, 0.3) is 0 Å². The predicted molar refractivity (Wildman–Crippen MR) is 53.8 cm³/mol. The summed E-state index contributed by atoms with van der Waals surface area (Å²) in [6, 6.07) is 0. The molecule has 78 valence electrons. The minimum Gasteiger partial charge on any atom is -0.372 e. The Morgan fingerprint density at radius 2 is 1.77 bits per heavy atom. The summed E-state index contributed by atoms with van der Waals surface area (Å²) in [6.45, 7) is 12.3. The monoisotopic (exact) mass is 186 g/mol. The van der Waals surface area contributed by atoms with Crippen molar-refractivity contribution in [3.63, 3.8) is 0 Å². The maximum Gasteiger partial charge on any atom is 0.0988 e. The van der Waals surface area contributed by atoms with E-state index in [1.807, 2.05) is 13.8 Å². The van der Waals surface area contributed by atoms with Crippen LogP contribution in [0.3, 0.4) is 0 Å². The molecule has 0 radical (unpaired) electrons. The highest BCUT2D eigenvalue weighted by Gasteiger charge is 2.58. The fourth-order valence-electron chi connectivity index (χ4n) is 2.21. The highest BCUT2D eigenvalue weighted by molar-refractivity contribution is 5.07. The summed E-state index contributed by atoms with van der Waals surface area (Å²) in [5, 5.41) is 0. The van der Waals surface area contributed by atoms with Crippen LogP contribution in [0, 0.1) is 5.92 Å². The zero-order valence-corrected chi connectivity index (χ0v) is 9.52. The van der Waals surface area contributed by atoms with Gasteiger partial charge in [0.2, 0.25) is 0 Å². The van der Waals surface area contributed by atoms with E-state index in [4.69, 9.17) is 9.47 Å². The zero-order chi connectivity index (χ0) is 10.1. The molecule has 0 aromatic carbocycles. The van der Waals surface area contributed by atoms with E-state index < -0.39 is 0 Å². The van der Waals surface area contributed by atoms with Crippen molar-refractivity contribution in [2.45, 2.75) is 52.2 Å². The first-order valence-corrected chi connectivity index (χ1v) is 5.36. The summed E-state index contributed by atoms with van der Waals surface area (Å²) >= 11 is 0. The topological polar surface area (TPSA) is 18.5 Å². The molecule has 2 aliphatic heterocycles. The fourth-order valence-corrected chi connectivity index (χ4v) is 2.21. The smallest absolute Gasteiger partial charge is 0.0988 e. The van der Waals surface area contributed by atoms with E-state index in [9.17, 15) is 0 Å². The highest BCUT2D eigenvalue weighted by Crippen LogP contribution is 2.48. The standard InChI is InChI=1S/C9H16O2.C2H6/c1-7-6-11-8(2)4-5-10-9(7,8)3;1-2/h7H,4-6H2,1-3H3;1-2H3/t7?,8-,9-;/m0./s1. The molecule has 13 heavy (non-hydrogen) atoms. The number of fused-ring (bicyclic) bond motifs is 1. The average Bonchev–Trinajstić information content (AvgIpc) is 2.53. The molecule has 0 N–H and O–H groups in total. The summed E-state index contributed by atoms with van der Waals surface area (Å²) in [6.07, 6.45) is 1.05. The van der Waals surface area contributed by atoms with Crippen molar-refractivity contribution in [1.82, 2.24) is 0 Å². The van der Waals surface area contributed by atoms with Crippen LogP contribution in [0.4, 0.5) is 0 Å². The van der Waals surface area contributed by atoms with E-state index in [0.717, 1.165) is 19.6 Å². The van der Waals surface area contributed by atoms with E-state index in [1.54, 1.807) is 0 Å². The second kappa shape index (κ2) is 3.58. The molecule has 0 amide bonds. The Kier molecular flexibility index (Phi) is 3.03. The molecule has 2 fully saturated rings. The lowest BCUT2D eigenvalue weighted by Crippen LogP contribution is -2.45. The molecule has 2 nitrogen and oxygen atoms in total. The lowest BCUT2D eigenvalue weighted by atomic mass is 9.80. The molecule has 2 saturated heterocycles. The number of ether oxygens (including phenoxy) is 2. The van der Waals surface area contributed by atoms with E-state index >= 15 is 0 Å². The molecule has 0 saturated carbocycles. The lowest BCUT2D eigenvalue weighted by molar-refractivity contribution is -0.0736. The van der Waals surface area contributed by atoms with Crippen LogP contribution < -0.4 is 0 Å². The third kappa shape index (κ3) is 1.40. The first-order valence-electron chi connectivity index (χ1n) is 5.36. The lowest BCUT2D eigenvalue weighted by Gasteiger charge is -2.33. The average molecular weight is 186 g/mol. The normalized spacial score (nSPS) is 48.2. The Morgan fingerprint density at radius 1 is 1.15 bits per heavy atom. The zero-order valence-electron chi connectivity index (χ0n) is 9.52. The summed E-state index contributed by atoms with van der Waals surface area (Å²) in [7, 11) is 0. The Balaban J connectivity index is 0.000000396. The summed E-state index contributed by atoms with van der Waals surface area (Å²) < 4.78 is 11.5. The van der Waals surface area contributed by atoms with Crippen LogP contribution in [-0.2, 0) is 9.47 Å². The molecule has 0 aliphatic carbocycles. The second-order valence-electron chi connectivity index (χ2n) is 4.15.